The lowest BCUT2D eigenvalue weighted by Gasteiger charge is -2.67. The van der Waals surface area contributed by atoms with E-state index < -0.39 is 22.4 Å². The molecule has 0 N–H and O–H groups in total. The van der Waals surface area contributed by atoms with E-state index in [0.717, 1.165) is 169 Å². The summed E-state index contributed by atoms with van der Waals surface area (Å²) in [7, 11) is 0. The van der Waals surface area contributed by atoms with Gasteiger partial charge in [0.1, 0.15) is 34.2 Å². The van der Waals surface area contributed by atoms with Gasteiger partial charge >= 0.3 is 0 Å². The van der Waals surface area contributed by atoms with Crippen molar-refractivity contribution in [2.75, 3.05) is 0 Å². The molecule has 1 fully saturated rings. The van der Waals surface area contributed by atoms with Crippen LogP contribution in [0.1, 0.15) is 368 Å². The first kappa shape index (κ1) is 75.8. The number of hydrogen-bond donors (Lipinski definition) is 0. The Kier molecular flexibility index (Phi) is 26.4. The molecule has 7 unspecified atom stereocenters. The number of fused-ring (bicyclic) bond motifs is 6. The van der Waals surface area contributed by atoms with Gasteiger partial charge in [0.25, 0.3) is 0 Å². The van der Waals surface area contributed by atoms with Crippen molar-refractivity contribution in [3.8, 4) is 23.0 Å². The number of benzene rings is 2. The molecular weight excluding hydrogens is 1140 g/mol. The number of Topliss-reactive ketones (excluding diaryl/α,β-unsaturated/α-hetero) is 1. The topological polar surface area (TPSA) is 63.2 Å². The number of ketones is 1. The Balaban J connectivity index is 1.04. The third kappa shape index (κ3) is 17.5. The van der Waals surface area contributed by atoms with Gasteiger partial charge in [-0.3, -0.25) is 4.79 Å². The standard InChI is InChI=1S/C87H144O6/c1-58(2)31-22-34-61(7)37-25-40-64(10)43-28-49-82(19)52-46-73-74-48-54-86(91-79(74)69(15)67(13)77(73)89-82)81(88)71(17)72(18)87-85(86,56-55-84(21,93-87)51-30-45-66(12)42-27-39-63(9)36-24-33-60(5)6)57-76-75-47-53-83(20,90-78(75)68(14)70(16)80(76)92-87)50-29-44-65(11)41-26-38-62(8)35-23-32-59(3)4/h58-66H,22-57H2,1-21H3/t61?,62?,63?,64?,65?,66?,82-,83+,84-,85+,86?,87+/m1/s1. The second-order valence-corrected chi connectivity index (χ2v) is 35.9. The van der Waals surface area contributed by atoms with Crippen molar-refractivity contribution >= 4 is 5.78 Å². The zero-order chi connectivity index (χ0) is 67.8. The number of hydrogen-bond acceptors (Lipinski definition) is 6. The van der Waals surface area contributed by atoms with E-state index in [1.165, 1.54) is 175 Å². The molecule has 8 rings (SSSR count). The van der Waals surface area contributed by atoms with Crippen LogP contribution < -0.4 is 18.9 Å². The maximum absolute atomic E-state index is 16.3. The van der Waals surface area contributed by atoms with Crippen LogP contribution in [0.15, 0.2) is 11.1 Å². The van der Waals surface area contributed by atoms with Crippen LogP contribution in [-0.4, -0.2) is 34.0 Å². The molecule has 93 heavy (non-hydrogen) atoms. The van der Waals surface area contributed by atoms with Crippen LogP contribution in [0.4, 0.5) is 0 Å². The Morgan fingerprint density at radius 3 is 1.03 bits per heavy atom. The highest BCUT2D eigenvalue weighted by atomic mass is 16.7. The fraction of sp³-hybridized carbons (Fsp3) is 0.828. The monoisotopic (exact) mass is 1290 g/mol. The van der Waals surface area contributed by atoms with Crippen LogP contribution in [0.2, 0.25) is 0 Å². The van der Waals surface area contributed by atoms with Crippen LogP contribution in [-0.2, 0) is 35.2 Å². The molecule has 5 aliphatic heterocycles. The fourth-order valence-corrected chi connectivity index (χ4v) is 19.0. The maximum Gasteiger partial charge on any atom is 0.244 e. The Bertz CT molecular complexity index is 2820. The van der Waals surface area contributed by atoms with Gasteiger partial charge in [-0.05, 0) is 228 Å². The molecule has 1 saturated heterocycles. The zero-order valence-corrected chi connectivity index (χ0v) is 64.6. The second-order valence-electron chi connectivity index (χ2n) is 35.9. The van der Waals surface area contributed by atoms with Crippen LogP contribution in [0, 0.1) is 86.4 Å². The number of carbonyl (C=O) groups is 1. The van der Waals surface area contributed by atoms with Gasteiger partial charge in [0, 0.05) is 33.4 Å². The summed E-state index contributed by atoms with van der Waals surface area (Å²) < 4.78 is 39.0. The molecular formula is C87H144O6. The highest BCUT2D eigenvalue weighted by Gasteiger charge is 2.78. The number of carbonyl (C=O) groups excluding carboxylic acids is 1. The quantitative estimate of drug-likeness (QED) is 0.0677. The van der Waals surface area contributed by atoms with Crippen LogP contribution in [0.25, 0.3) is 0 Å². The molecule has 6 aliphatic rings. The lowest BCUT2D eigenvalue weighted by Crippen LogP contribution is -2.79. The summed E-state index contributed by atoms with van der Waals surface area (Å²) >= 11 is 0. The molecule has 0 radical (unpaired) electrons. The average Bonchev–Trinajstić information content (AvgIpc) is 0.656. The van der Waals surface area contributed by atoms with Gasteiger partial charge in [0.2, 0.25) is 11.6 Å². The van der Waals surface area contributed by atoms with E-state index in [0.29, 0.717) is 18.8 Å². The third-order valence-electron chi connectivity index (χ3n) is 26.0. The van der Waals surface area contributed by atoms with Crippen LogP contribution in [0.5, 0.6) is 23.0 Å². The Morgan fingerprint density at radius 2 is 0.656 bits per heavy atom. The van der Waals surface area contributed by atoms with Gasteiger partial charge in [0.15, 0.2) is 5.60 Å². The second kappa shape index (κ2) is 32.3. The van der Waals surface area contributed by atoms with Crippen molar-refractivity contribution in [2.24, 2.45) is 58.7 Å². The Morgan fingerprint density at radius 1 is 0.344 bits per heavy atom. The SMILES string of the molecule is CC1=C(C)[C@@]23Oc4c(C)c(C)c5c(c4C[C@@]2(CC[C@@](C)(CCCC(C)CCCC(C)CCCC(C)C)O3)C2(CCc3c4c(c(C)c(C)c3O2)O[C@](C)(CCCC(C)CCCC(C)CCCC(C)C)CC4)C1=O)CC[C@](C)(CCCC(C)CCCC(C)CCCC(C)C)O5. The van der Waals surface area contributed by atoms with Gasteiger partial charge in [-0.1, -0.05) is 224 Å². The van der Waals surface area contributed by atoms with Gasteiger partial charge in [-0.25, -0.2) is 0 Å². The van der Waals surface area contributed by atoms with E-state index in [2.05, 4.69) is 145 Å². The smallest absolute Gasteiger partial charge is 0.244 e. The number of rotatable bonds is 36. The largest absolute Gasteiger partial charge is 0.487 e. The van der Waals surface area contributed by atoms with Crippen molar-refractivity contribution < 1.29 is 28.5 Å². The van der Waals surface area contributed by atoms with Gasteiger partial charge in [0.05, 0.1) is 11.0 Å². The van der Waals surface area contributed by atoms with Gasteiger partial charge in [-0.15, -0.1) is 0 Å². The molecule has 6 heteroatoms. The first-order valence-corrected chi connectivity index (χ1v) is 39.9. The average molecular weight is 1290 g/mol. The van der Waals surface area contributed by atoms with Gasteiger partial charge in [-0.2, -0.15) is 0 Å². The lowest BCUT2D eigenvalue weighted by molar-refractivity contribution is -0.350. The van der Waals surface area contributed by atoms with Crippen molar-refractivity contribution in [2.45, 2.75) is 405 Å². The summed E-state index contributed by atoms with van der Waals surface area (Å²) in [6, 6.07) is 0. The summed E-state index contributed by atoms with van der Waals surface area (Å²) in [5.41, 5.74) is 8.40. The van der Waals surface area contributed by atoms with E-state index in [4.69, 9.17) is 23.7 Å². The number of ether oxygens (including phenoxy) is 5. The highest BCUT2D eigenvalue weighted by Crippen LogP contribution is 2.69. The molecule has 0 bridgehead atoms. The predicted molar refractivity (Wildman–Crippen MR) is 394 cm³/mol. The van der Waals surface area contributed by atoms with Crippen molar-refractivity contribution in [3.63, 3.8) is 0 Å². The molecule has 528 valence electrons. The molecule has 12 atom stereocenters. The summed E-state index contributed by atoms with van der Waals surface area (Å²) in [5, 5.41) is 0. The molecule has 0 aromatic heterocycles. The maximum atomic E-state index is 16.3. The molecule has 5 heterocycles. The molecule has 1 aliphatic carbocycles. The Hall–Kier alpha value is -2.99. The minimum atomic E-state index is -1.21. The molecule has 0 amide bonds. The normalized spacial score (nSPS) is 27.7. The summed E-state index contributed by atoms with van der Waals surface area (Å²) in [4.78, 5) is 16.3. The first-order valence-electron chi connectivity index (χ1n) is 39.9. The van der Waals surface area contributed by atoms with E-state index in [1.54, 1.807) is 0 Å². The molecule has 1 spiro atoms. The molecule has 0 saturated carbocycles. The summed E-state index contributed by atoms with van der Waals surface area (Å²) in [5.74, 6) is 9.95. The molecule has 2 aromatic rings. The fourth-order valence-electron chi connectivity index (χ4n) is 19.0. The van der Waals surface area contributed by atoms with Gasteiger partial charge < -0.3 is 23.7 Å². The van der Waals surface area contributed by atoms with E-state index >= 15 is 4.79 Å². The third-order valence-corrected chi connectivity index (χ3v) is 26.0. The summed E-state index contributed by atoms with van der Waals surface area (Å²) in [6.07, 6.45) is 42.0. The lowest BCUT2D eigenvalue weighted by atomic mass is 9.48. The molecule has 2 aromatic carbocycles. The van der Waals surface area contributed by atoms with Crippen molar-refractivity contribution in [1.29, 1.82) is 0 Å². The van der Waals surface area contributed by atoms with Crippen LogP contribution in [0.3, 0.4) is 0 Å². The minimum absolute atomic E-state index is 0.125. The summed E-state index contributed by atoms with van der Waals surface area (Å²) in [6.45, 7) is 49.4. The van der Waals surface area contributed by atoms with E-state index in [1.807, 2.05) is 0 Å². The van der Waals surface area contributed by atoms with Crippen molar-refractivity contribution in [1.82, 2.24) is 0 Å². The minimum Gasteiger partial charge on any atom is -0.487 e. The van der Waals surface area contributed by atoms with E-state index in [9.17, 15) is 0 Å². The predicted octanol–water partition coefficient (Wildman–Crippen LogP) is 25.3. The Labute approximate surface area is 573 Å². The zero-order valence-electron chi connectivity index (χ0n) is 64.6. The van der Waals surface area contributed by atoms with Crippen molar-refractivity contribution in [3.05, 3.63) is 55.7 Å². The highest BCUT2D eigenvalue weighted by molar-refractivity contribution is 6.05. The van der Waals surface area contributed by atoms with Crippen LogP contribution >= 0.6 is 0 Å². The van der Waals surface area contributed by atoms with E-state index in [-0.39, 0.29) is 17.0 Å². The molecule has 6 nitrogen and oxygen atoms in total. The first-order chi connectivity index (χ1) is 43.9.